The second-order valence-corrected chi connectivity index (χ2v) is 5.44. The van der Waals surface area contributed by atoms with E-state index in [-0.39, 0.29) is 0 Å². The highest BCUT2D eigenvalue weighted by Gasteiger charge is 2.30. The highest BCUT2D eigenvalue weighted by Crippen LogP contribution is 2.28. The van der Waals surface area contributed by atoms with Crippen molar-refractivity contribution in [2.24, 2.45) is 0 Å². The van der Waals surface area contributed by atoms with Gasteiger partial charge in [0.2, 0.25) is 0 Å². The number of hydrogen-bond donors (Lipinski definition) is 1. The third-order valence-electron chi connectivity index (χ3n) is 3.92. The van der Waals surface area contributed by atoms with E-state index in [2.05, 4.69) is 54.5 Å². The van der Waals surface area contributed by atoms with Crippen molar-refractivity contribution in [3.8, 4) is 5.75 Å². The number of nitrogens with zero attached hydrogens (tertiary/aromatic N) is 2. The third kappa shape index (κ3) is 3.26. The number of piperazine rings is 1. The molecule has 1 fully saturated rings. The molecule has 0 aromatic heterocycles. The molecule has 1 aliphatic rings. The molecule has 0 aliphatic carbocycles. The average Bonchev–Trinajstić information content (AvgIpc) is 2.41. The van der Waals surface area contributed by atoms with Crippen molar-refractivity contribution in [3.05, 3.63) is 29.8 Å². The Labute approximate surface area is 116 Å². The van der Waals surface area contributed by atoms with E-state index in [9.17, 15) is 0 Å². The van der Waals surface area contributed by atoms with Crippen LogP contribution in [0.15, 0.2) is 24.3 Å². The van der Waals surface area contributed by atoms with Gasteiger partial charge in [-0.2, -0.15) is 0 Å². The maximum absolute atomic E-state index is 5.35. The Morgan fingerprint density at radius 2 is 2.21 bits per heavy atom. The number of methoxy groups -OCH3 is 1. The summed E-state index contributed by atoms with van der Waals surface area (Å²) in [6.07, 6.45) is 0. The van der Waals surface area contributed by atoms with Gasteiger partial charge in [0, 0.05) is 25.7 Å². The van der Waals surface area contributed by atoms with Crippen LogP contribution in [0.25, 0.3) is 0 Å². The molecule has 2 atom stereocenters. The third-order valence-corrected chi connectivity index (χ3v) is 3.92. The first-order chi connectivity index (χ1) is 9.13. The summed E-state index contributed by atoms with van der Waals surface area (Å²) in [5.74, 6) is 0.927. The molecule has 1 aromatic rings. The van der Waals surface area contributed by atoms with Gasteiger partial charge in [-0.25, -0.2) is 0 Å². The van der Waals surface area contributed by atoms with E-state index in [0.717, 1.165) is 25.4 Å². The Morgan fingerprint density at radius 3 is 2.84 bits per heavy atom. The number of benzene rings is 1. The molecular formula is C15H25N3O. The second-order valence-electron chi connectivity index (χ2n) is 5.44. The minimum Gasteiger partial charge on any atom is -0.497 e. The first-order valence-corrected chi connectivity index (χ1v) is 6.85. The highest BCUT2D eigenvalue weighted by atomic mass is 16.5. The lowest BCUT2D eigenvalue weighted by Gasteiger charge is -2.41. The van der Waals surface area contributed by atoms with Crippen molar-refractivity contribution in [2.75, 3.05) is 47.9 Å². The summed E-state index contributed by atoms with van der Waals surface area (Å²) in [6, 6.07) is 9.26. The van der Waals surface area contributed by atoms with Crippen molar-refractivity contribution in [1.29, 1.82) is 0 Å². The minimum absolute atomic E-state index is 0.368. The summed E-state index contributed by atoms with van der Waals surface area (Å²) in [4.78, 5) is 4.74. The molecule has 4 nitrogen and oxygen atoms in total. The first kappa shape index (κ1) is 14.3. The van der Waals surface area contributed by atoms with Gasteiger partial charge in [-0.1, -0.05) is 12.1 Å². The van der Waals surface area contributed by atoms with Gasteiger partial charge in [0.1, 0.15) is 5.75 Å². The number of hydrogen-bond acceptors (Lipinski definition) is 4. The van der Waals surface area contributed by atoms with E-state index in [1.807, 2.05) is 6.07 Å². The van der Waals surface area contributed by atoms with Crippen LogP contribution < -0.4 is 10.1 Å². The van der Waals surface area contributed by atoms with Gasteiger partial charge in [-0.15, -0.1) is 0 Å². The maximum Gasteiger partial charge on any atom is 0.119 e. The fourth-order valence-corrected chi connectivity index (χ4v) is 2.87. The summed E-state index contributed by atoms with van der Waals surface area (Å²) in [5.41, 5.74) is 1.31. The fraction of sp³-hybridized carbons (Fsp3) is 0.600. The maximum atomic E-state index is 5.35. The predicted octanol–water partition coefficient (Wildman–Crippen LogP) is 1.20. The molecule has 1 aromatic carbocycles. The molecule has 1 aliphatic heterocycles. The SMILES string of the molecule is COc1cccc(C(C2CNCCN2C)N(C)C)c1. The molecule has 2 rings (SSSR count). The van der Waals surface area contributed by atoms with Gasteiger partial charge in [-0.05, 0) is 38.8 Å². The molecule has 4 heteroatoms. The first-order valence-electron chi connectivity index (χ1n) is 6.85. The number of likely N-dealkylation sites (N-methyl/N-ethyl adjacent to an activating group) is 2. The molecule has 0 radical (unpaired) electrons. The van der Waals surface area contributed by atoms with Crippen LogP contribution in [-0.4, -0.2) is 63.7 Å². The monoisotopic (exact) mass is 263 g/mol. The summed E-state index contributed by atoms with van der Waals surface area (Å²) < 4.78 is 5.35. The van der Waals surface area contributed by atoms with Crippen LogP contribution in [0.3, 0.4) is 0 Å². The molecule has 1 saturated heterocycles. The smallest absolute Gasteiger partial charge is 0.119 e. The number of ether oxygens (including phenoxy) is 1. The summed E-state index contributed by atoms with van der Waals surface area (Å²) in [5, 5.41) is 3.50. The summed E-state index contributed by atoms with van der Waals surface area (Å²) >= 11 is 0. The Bertz CT molecular complexity index is 408. The molecule has 1 heterocycles. The van der Waals surface area contributed by atoms with Gasteiger partial charge in [0.15, 0.2) is 0 Å². The predicted molar refractivity (Wildman–Crippen MR) is 78.7 cm³/mol. The van der Waals surface area contributed by atoms with Gasteiger partial charge in [0.25, 0.3) is 0 Å². The molecule has 1 N–H and O–H groups in total. The van der Waals surface area contributed by atoms with E-state index in [1.165, 1.54) is 5.56 Å². The lowest BCUT2D eigenvalue weighted by molar-refractivity contribution is 0.107. The quantitative estimate of drug-likeness (QED) is 0.883. The molecule has 0 amide bonds. The van der Waals surface area contributed by atoms with E-state index in [1.54, 1.807) is 7.11 Å². The zero-order chi connectivity index (χ0) is 13.8. The van der Waals surface area contributed by atoms with Gasteiger partial charge >= 0.3 is 0 Å². The molecule has 0 saturated carbocycles. The Kier molecular flexibility index (Phi) is 4.80. The van der Waals surface area contributed by atoms with Crippen LogP contribution in [-0.2, 0) is 0 Å². The second kappa shape index (κ2) is 6.37. The Morgan fingerprint density at radius 1 is 1.42 bits per heavy atom. The van der Waals surface area contributed by atoms with E-state index < -0.39 is 0 Å². The Balaban J connectivity index is 2.28. The number of rotatable bonds is 4. The molecule has 106 valence electrons. The van der Waals surface area contributed by atoms with Crippen LogP contribution >= 0.6 is 0 Å². The molecule has 0 spiro atoms. The van der Waals surface area contributed by atoms with Crippen molar-refractivity contribution in [1.82, 2.24) is 15.1 Å². The highest BCUT2D eigenvalue weighted by molar-refractivity contribution is 5.31. The summed E-state index contributed by atoms with van der Waals surface area (Å²) in [7, 11) is 8.22. The minimum atomic E-state index is 0.368. The van der Waals surface area contributed by atoms with Crippen molar-refractivity contribution in [3.63, 3.8) is 0 Å². The van der Waals surface area contributed by atoms with E-state index in [4.69, 9.17) is 4.74 Å². The largest absolute Gasteiger partial charge is 0.497 e. The molecule has 19 heavy (non-hydrogen) atoms. The molecule has 0 bridgehead atoms. The van der Waals surface area contributed by atoms with Crippen LogP contribution in [0.1, 0.15) is 11.6 Å². The van der Waals surface area contributed by atoms with E-state index in [0.29, 0.717) is 12.1 Å². The van der Waals surface area contributed by atoms with E-state index >= 15 is 0 Å². The van der Waals surface area contributed by atoms with Crippen LogP contribution in [0.4, 0.5) is 0 Å². The number of nitrogens with one attached hydrogen (secondary N) is 1. The molecular weight excluding hydrogens is 238 g/mol. The zero-order valence-corrected chi connectivity index (χ0v) is 12.4. The fourth-order valence-electron chi connectivity index (χ4n) is 2.87. The van der Waals surface area contributed by atoms with Crippen molar-refractivity contribution < 1.29 is 4.74 Å². The van der Waals surface area contributed by atoms with Gasteiger partial charge in [-0.3, -0.25) is 4.90 Å². The zero-order valence-electron chi connectivity index (χ0n) is 12.4. The standard InChI is InChI=1S/C15H25N3O/c1-17(2)15(14-11-16-8-9-18(14)3)12-6-5-7-13(10-12)19-4/h5-7,10,14-16H,8-9,11H2,1-4H3. The van der Waals surface area contributed by atoms with Crippen LogP contribution in [0.2, 0.25) is 0 Å². The Hall–Kier alpha value is -1.10. The average molecular weight is 263 g/mol. The normalized spacial score (nSPS) is 22.5. The summed E-state index contributed by atoms with van der Waals surface area (Å²) in [6.45, 7) is 3.20. The molecule has 2 unspecified atom stereocenters. The van der Waals surface area contributed by atoms with Crippen LogP contribution in [0, 0.1) is 0 Å². The van der Waals surface area contributed by atoms with Crippen LogP contribution in [0.5, 0.6) is 5.75 Å². The topological polar surface area (TPSA) is 27.7 Å². The van der Waals surface area contributed by atoms with Crippen molar-refractivity contribution in [2.45, 2.75) is 12.1 Å². The lowest BCUT2D eigenvalue weighted by atomic mass is 9.95. The van der Waals surface area contributed by atoms with Crippen molar-refractivity contribution >= 4 is 0 Å². The van der Waals surface area contributed by atoms with Gasteiger partial charge < -0.3 is 15.0 Å². The van der Waals surface area contributed by atoms with Gasteiger partial charge in [0.05, 0.1) is 13.2 Å². The lowest BCUT2D eigenvalue weighted by Crippen LogP contribution is -2.54.